The molecule has 0 spiro atoms. The SMILES string of the molecule is CC(C)C(=O)CCN1CCC(OC2CCN(C(C)S)CC2)CC1. The Kier molecular flexibility index (Phi) is 7.86. The molecule has 0 aromatic rings. The van der Waals surface area contributed by atoms with Crippen molar-refractivity contribution in [2.24, 2.45) is 5.92 Å². The molecule has 134 valence electrons. The highest BCUT2D eigenvalue weighted by molar-refractivity contribution is 7.80. The van der Waals surface area contributed by atoms with E-state index in [-0.39, 0.29) is 5.92 Å². The maximum Gasteiger partial charge on any atom is 0.136 e. The fraction of sp³-hybridized carbons (Fsp3) is 0.944. The van der Waals surface area contributed by atoms with Gasteiger partial charge in [0.1, 0.15) is 5.78 Å². The number of carbonyl (C=O) groups excluding carboxylic acids is 1. The van der Waals surface area contributed by atoms with Gasteiger partial charge in [0, 0.05) is 50.4 Å². The molecule has 2 saturated heterocycles. The molecule has 2 aliphatic rings. The van der Waals surface area contributed by atoms with Crippen LogP contribution in [0.4, 0.5) is 0 Å². The summed E-state index contributed by atoms with van der Waals surface area (Å²) in [5.74, 6) is 0.551. The molecule has 0 N–H and O–H groups in total. The van der Waals surface area contributed by atoms with Crippen molar-refractivity contribution in [3.8, 4) is 0 Å². The van der Waals surface area contributed by atoms with E-state index in [0.29, 0.717) is 29.8 Å². The van der Waals surface area contributed by atoms with E-state index in [1.165, 1.54) is 0 Å². The summed E-state index contributed by atoms with van der Waals surface area (Å²) in [6, 6.07) is 0. The number of ether oxygens (including phenoxy) is 1. The molecule has 0 aliphatic carbocycles. The Hall–Kier alpha value is -0.100. The second-order valence-corrected chi connectivity index (χ2v) is 8.16. The summed E-state index contributed by atoms with van der Waals surface area (Å²) in [7, 11) is 0. The largest absolute Gasteiger partial charge is 0.375 e. The lowest BCUT2D eigenvalue weighted by atomic mass is 10.0. The van der Waals surface area contributed by atoms with E-state index in [9.17, 15) is 4.79 Å². The van der Waals surface area contributed by atoms with Crippen LogP contribution >= 0.6 is 12.6 Å². The van der Waals surface area contributed by atoms with Crippen LogP contribution in [0.3, 0.4) is 0 Å². The molecule has 0 saturated carbocycles. The molecule has 2 rings (SSSR count). The Morgan fingerprint density at radius 1 is 1.04 bits per heavy atom. The number of rotatable bonds is 7. The van der Waals surface area contributed by atoms with E-state index < -0.39 is 0 Å². The Morgan fingerprint density at radius 2 is 1.57 bits per heavy atom. The predicted octanol–water partition coefficient (Wildman–Crippen LogP) is 2.82. The molecule has 2 fully saturated rings. The lowest BCUT2D eigenvalue weighted by Crippen LogP contribution is -2.43. The van der Waals surface area contributed by atoms with E-state index in [0.717, 1.165) is 58.4 Å². The van der Waals surface area contributed by atoms with Crippen LogP contribution in [0.15, 0.2) is 0 Å². The van der Waals surface area contributed by atoms with Crippen LogP contribution in [0.2, 0.25) is 0 Å². The predicted molar refractivity (Wildman–Crippen MR) is 98.1 cm³/mol. The van der Waals surface area contributed by atoms with Crippen LogP contribution in [0, 0.1) is 5.92 Å². The topological polar surface area (TPSA) is 32.8 Å². The van der Waals surface area contributed by atoms with Gasteiger partial charge in [-0.1, -0.05) is 13.8 Å². The van der Waals surface area contributed by atoms with E-state index >= 15 is 0 Å². The highest BCUT2D eigenvalue weighted by Gasteiger charge is 2.26. The molecule has 2 aliphatic heterocycles. The standard InChI is InChI=1S/C18H34N2O2S/c1-14(2)18(21)8-11-19-9-4-16(5-10-19)22-17-6-12-20(13-7-17)15(3)23/h14-17,23H,4-13H2,1-3H3. The highest BCUT2D eigenvalue weighted by Crippen LogP contribution is 2.22. The number of nitrogens with zero attached hydrogens (tertiary/aromatic N) is 2. The monoisotopic (exact) mass is 342 g/mol. The molecule has 0 bridgehead atoms. The van der Waals surface area contributed by atoms with Gasteiger partial charge in [-0.15, -0.1) is 0 Å². The first-order valence-electron chi connectivity index (χ1n) is 9.28. The van der Waals surface area contributed by atoms with Crippen molar-refractivity contribution in [1.29, 1.82) is 0 Å². The van der Waals surface area contributed by atoms with Crippen LogP contribution in [-0.4, -0.2) is 65.9 Å². The summed E-state index contributed by atoms with van der Waals surface area (Å²) in [4.78, 5) is 16.6. The number of carbonyl (C=O) groups is 1. The van der Waals surface area contributed by atoms with Crippen molar-refractivity contribution >= 4 is 18.4 Å². The molecule has 23 heavy (non-hydrogen) atoms. The lowest BCUT2D eigenvalue weighted by molar-refractivity contribution is -0.122. The number of ketones is 1. The van der Waals surface area contributed by atoms with E-state index in [2.05, 4.69) is 29.4 Å². The second kappa shape index (κ2) is 9.40. The first-order chi connectivity index (χ1) is 11.0. The molecule has 0 aromatic heterocycles. The van der Waals surface area contributed by atoms with Gasteiger partial charge in [0.15, 0.2) is 0 Å². The summed E-state index contributed by atoms with van der Waals surface area (Å²) in [5.41, 5.74) is 0. The van der Waals surface area contributed by atoms with Gasteiger partial charge in [-0.25, -0.2) is 0 Å². The Bertz CT molecular complexity index is 360. The van der Waals surface area contributed by atoms with Gasteiger partial charge in [-0.2, -0.15) is 12.6 Å². The Labute approximate surface area is 147 Å². The lowest BCUT2D eigenvalue weighted by Gasteiger charge is -2.38. The highest BCUT2D eigenvalue weighted by atomic mass is 32.1. The minimum Gasteiger partial charge on any atom is -0.375 e. The van der Waals surface area contributed by atoms with Crippen molar-refractivity contribution in [2.45, 2.75) is 70.5 Å². The van der Waals surface area contributed by atoms with E-state index in [1.807, 2.05) is 13.8 Å². The number of likely N-dealkylation sites (tertiary alicyclic amines) is 2. The van der Waals surface area contributed by atoms with Crippen molar-refractivity contribution in [2.75, 3.05) is 32.7 Å². The molecule has 1 unspecified atom stereocenters. The second-order valence-electron chi connectivity index (χ2n) is 7.42. The summed E-state index contributed by atoms with van der Waals surface area (Å²) in [6.07, 6.45) is 6.03. The van der Waals surface area contributed by atoms with Crippen molar-refractivity contribution in [1.82, 2.24) is 9.80 Å². The van der Waals surface area contributed by atoms with Gasteiger partial charge in [-0.3, -0.25) is 9.69 Å². The fourth-order valence-electron chi connectivity index (χ4n) is 3.48. The number of thiol groups is 1. The summed E-state index contributed by atoms with van der Waals surface area (Å²) < 4.78 is 6.33. The zero-order valence-corrected chi connectivity index (χ0v) is 15.9. The minimum atomic E-state index is 0.168. The minimum absolute atomic E-state index is 0.168. The van der Waals surface area contributed by atoms with Crippen molar-refractivity contribution in [3.63, 3.8) is 0 Å². The van der Waals surface area contributed by atoms with Crippen LogP contribution in [0.25, 0.3) is 0 Å². The molecule has 0 aromatic carbocycles. The third-order valence-electron chi connectivity index (χ3n) is 5.24. The van der Waals surface area contributed by atoms with E-state index in [1.54, 1.807) is 0 Å². The number of piperidine rings is 2. The Morgan fingerprint density at radius 3 is 2.04 bits per heavy atom. The quantitative estimate of drug-likeness (QED) is 0.721. The Balaban J connectivity index is 1.61. The zero-order chi connectivity index (χ0) is 16.8. The molecule has 0 amide bonds. The van der Waals surface area contributed by atoms with Gasteiger partial charge in [0.05, 0.1) is 12.2 Å². The van der Waals surface area contributed by atoms with Gasteiger partial charge in [-0.05, 0) is 32.6 Å². The summed E-state index contributed by atoms with van der Waals surface area (Å²) in [6.45, 7) is 11.4. The first kappa shape index (κ1) is 19.2. The number of hydrogen-bond donors (Lipinski definition) is 1. The zero-order valence-electron chi connectivity index (χ0n) is 15.0. The van der Waals surface area contributed by atoms with Crippen LogP contribution in [-0.2, 0) is 9.53 Å². The van der Waals surface area contributed by atoms with Gasteiger partial charge < -0.3 is 9.64 Å². The fourth-order valence-corrected chi connectivity index (χ4v) is 3.71. The van der Waals surface area contributed by atoms with Crippen LogP contribution in [0.1, 0.15) is 52.9 Å². The van der Waals surface area contributed by atoms with Gasteiger partial charge in [0.25, 0.3) is 0 Å². The van der Waals surface area contributed by atoms with Gasteiger partial charge >= 0.3 is 0 Å². The maximum atomic E-state index is 11.7. The summed E-state index contributed by atoms with van der Waals surface area (Å²) >= 11 is 4.51. The molecular weight excluding hydrogens is 308 g/mol. The van der Waals surface area contributed by atoms with Crippen LogP contribution in [0.5, 0.6) is 0 Å². The van der Waals surface area contributed by atoms with Gasteiger partial charge in [0.2, 0.25) is 0 Å². The average Bonchev–Trinajstić information content (AvgIpc) is 2.54. The summed E-state index contributed by atoms with van der Waals surface area (Å²) in [5, 5.41) is 0.354. The number of Topliss-reactive ketones (excluding diaryl/α,β-unsaturated/α-hetero) is 1. The molecule has 0 radical (unpaired) electrons. The molecular formula is C18H34N2O2S. The third-order valence-corrected chi connectivity index (χ3v) is 5.57. The van der Waals surface area contributed by atoms with Crippen LogP contribution < -0.4 is 0 Å². The smallest absolute Gasteiger partial charge is 0.136 e. The van der Waals surface area contributed by atoms with Crippen molar-refractivity contribution < 1.29 is 9.53 Å². The normalized spacial score (nSPS) is 24.2. The first-order valence-corrected chi connectivity index (χ1v) is 9.80. The molecule has 4 nitrogen and oxygen atoms in total. The maximum absolute atomic E-state index is 11.7. The third kappa shape index (κ3) is 6.37. The molecule has 1 atom stereocenters. The average molecular weight is 343 g/mol. The molecule has 5 heteroatoms. The number of hydrogen-bond acceptors (Lipinski definition) is 5. The molecule has 2 heterocycles. The van der Waals surface area contributed by atoms with E-state index in [4.69, 9.17) is 4.74 Å². The van der Waals surface area contributed by atoms with Crippen molar-refractivity contribution in [3.05, 3.63) is 0 Å².